The molecule has 0 spiro atoms. The number of benzene rings is 1. The number of carbonyl (C=O) groups excluding carboxylic acids is 1. The van der Waals surface area contributed by atoms with Gasteiger partial charge in [0.15, 0.2) is 0 Å². The highest BCUT2D eigenvalue weighted by molar-refractivity contribution is 5.92. The summed E-state index contributed by atoms with van der Waals surface area (Å²) >= 11 is 0. The monoisotopic (exact) mass is 289 g/mol. The van der Waals surface area contributed by atoms with Crippen molar-refractivity contribution in [2.75, 3.05) is 20.2 Å². The quantitative estimate of drug-likeness (QED) is 0.867. The van der Waals surface area contributed by atoms with Crippen molar-refractivity contribution in [1.29, 1.82) is 0 Å². The van der Waals surface area contributed by atoms with E-state index in [0.717, 1.165) is 31.8 Å². The number of amides is 1. The maximum atomic E-state index is 12.1. The van der Waals surface area contributed by atoms with Crippen molar-refractivity contribution in [3.63, 3.8) is 0 Å². The molecule has 0 radical (unpaired) electrons. The molecule has 1 aliphatic heterocycles. The number of hydrogen-bond donors (Lipinski definition) is 1. The van der Waals surface area contributed by atoms with Gasteiger partial charge < -0.3 is 14.7 Å². The minimum Gasteiger partial charge on any atom is -0.507 e. The Hall–Kier alpha value is -1.97. The van der Waals surface area contributed by atoms with Crippen LogP contribution in [-0.2, 0) is 4.79 Å². The number of rotatable bonds is 4. The predicted octanol–water partition coefficient (Wildman–Crippen LogP) is 3.06. The molecule has 4 nitrogen and oxygen atoms in total. The molecule has 1 fully saturated rings. The predicted molar refractivity (Wildman–Crippen MR) is 83.3 cm³/mol. The average Bonchev–Trinajstić information content (AvgIpc) is 2.53. The van der Waals surface area contributed by atoms with Crippen molar-refractivity contribution in [2.24, 2.45) is 5.92 Å². The summed E-state index contributed by atoms with van der Waals surface area (Å²) < 4.78 is 5.03. The summed E-state index contributed by atoms with van der Waals surface area (Å²) in [6, 6.07) is 5.04. The third-order valence-electron chi connectivity index (χ3n) is 4.15. The van der Waals surface area contributed by atoms with E-state index in [2.05, 4.69) is 6.92 Å². The van der Waals surface area contributed by atoms with Gasteiger partial charge in [0.25, 0.3) is 0 Å². The smallest absolute Gasteiger partial charge is 0.246 e. The fraction of sp³-hybridized carbons (Fsp3) is 0.471. The number of piperidine rings is 1. The molecule has 0 bridgehead atoms. The van der Waals surface area contributed by atoms with E-state index in [9.17, 15) is 9.90 Å². The van der Waals surface area contributed by atoms with E-state index in [1.165, 1.54) is 18.6 Å². The van der Waals surface area contributed by atoms with Gasteiger partial charge in [-0.2, -0.15) is 0 Å². The van der Waals surface area contributed by atoms with Crippen LogP contribution in [0.2, 0.25) is 0 Å². The van der Waals surface area contributed by atoms with Crippen molar-refractivity contribution >= 4 is 12.0 Å². The first-order valence-electron chi connectivity index (χ1n) is 7.48. The zero-order chi connectivity index (χ0) is 15.2. The second kappa shape index (κ2) is 7.16. The number of methoxy groups -OCH3 is 1. The number of nitrogens with zero attached hydrogens (tertiary/aromatic N) is 1. The van der Waals surface area contributed by atoms with Gasteiger partial charge >= 0.3 is 0 Å². The highest BCUT2D eigenvalue weighted by atomic mass is 16.5. The van der Waals surface area contributed by atoms with Crippen LogP contribution in [-0.4, -0.2) is 36.1 Å². The number of carbonyl (C=O) groups is 1. The van der Waals surface area contributed by atoms with E-state index in [4.69, 9.17) is 4.74 Å². The number of phenolic OH excluding ortho intramolecular Hbond substituents is 1. The molecular formula is C17H23NO3. The Bertz CT molecular complexity index is 517. The molecule has 21 heavy (non-hydrogen) atoms. The van der Waals surface area contributed by atoms with E-state index in [1.807, 2.05) is 4.90 Å². The standard InChI is InChI=1S/C17H23NO3/c1-3-13-8-10-18(11-9-13)17(20)7-5-14-4-6-15(21-2)12-16(14)19/h4-7,12-13,19H,3,8-11H2,1-2H3/b7-5+. The third kappa shape index (κ3) is 4.00. The van der Waals surface area contributed by atoms with Gasteiger partial charge in [0.05, 0.1) is 7.11 Å². The molecule has 1 aromatic rings. The molecule has 1 aliphatic rings. The van der Waals surface area contributed by atoms with E-state index in [-0.39, 0.29) is 11.7 Å². The largest absolute Gasteiger partial charge is 0.507 e. The van der Waals surface area contributed by atoms with Crippen LogP contribution in [0.25, 0.3) is 6.08 Å². The van der Waals surface area contributed by atoms with E-state index < -0.39 is 0 Å². The van der Waals surface area contributed by atoms with Gasteiger partial charge in [0.1, 0.15) is 11.5 Å². The molecule has 0 atom stereocenters. The lowest BCUT2D eigenvalue weighted by Crippen LogP contribution is -2.37. The summed E-state index contributed by atoms with van der Waals surface area (Å²) in [7, 11) is 1.55. The van der Waals surface area contributed by atoms with Crippen LogP contribution in [0.1, 0.15) is 31.7 Å². The summed E-state index contributed by atoms with van der Waals surface area (Å²) in [5, 5.41) is 9.86. The average molecular weight is 289 g/mol. The van der Waals surface area contributed by atoms with Crippen LogP contribution >= 0.6 is 0 Å². The summed E-state index contributed by atoms with van der Waals surface area (Å²) in [4.78, 5) is 14.0. The molecule has 1 amide bonds. The second-order valence-electron chi connectivity index (χ2n) is 5.43. The lowest BCUT2D eigenvalue weighted by Gasteiger charge is -2.30. The maximum absolute atomic E-state index is 12.1. The first kappa shape index (κ1) is 15.4. The van der Waals surface area contributed by atoms with E-state index in [0.29, 0.717) is 11.3 Å². The fourth-order valence-corrected chi connectivity index (χ4v) is 2.62. The Balaban J connectivity index is 1.96. The Morgan fingerprint density at radius 1 is 1.43 bits per heavy atom. The molecular weight excluding hydrogens is 266 g/mol. The molecule has 0 aromatic heterocycles. The van der Waals surface area contributed by atoms with Gasteiger partial charge in [-0.1, -0.05) is 13.3 Å². The lowest BCUT2D eigenvalue weighted by atomic mass is 9.94. The van der Waals surface area contributed by atoms with Gasteiger partial charge in [-0.3, -0.25) is 4.79 Å². The summed E-state index contributed by atoms with van der Waals surface area (Å²) in [5.74, 6) is 1.48. The minimum absolute atomic E-state index is 0.0137. The number of phenols is 1. The molecule has 0 unspecified atom stereocenters. The molecule has 4 heteroatoms. The first-order valence-corrected chi connectivity index (χ1v) is 7.48. The van der Waals surface area contributed by atoms with Gasteiger partial charge in [-0.25, -0.2) is 0 Å². The highest BCUT2D eigenvalue weighted by Gasteiger charge is 2.20. The van der Waals surface area contributed by atoms with Crippen LogP contribution in [0, 0.1) is 5.92 Å². The highest BCUT2D eigenvalue weighted by Crippen LogP contribution is 2.25. The third-order valence-corrected chi connectivity index (χ3v) is 4.15. The molecule has 114 valence electrons. The Kier molecular flexibility index (Phi) is 5.26. The van der Waals surface area contributed by atoms with Gasteiger partial charge in [0.2, 0.25) is 5.91 Å². The van der Waals surface area contributed by atoms with Crippen LogP contribution in [0.4, 0.5) is 0 Å². The summed E-state index contributed by atoms with van der Waals surface area (Å²) in [5.41, 5.74) is 0.618. The molecule has 1 heterocycles. The van der Waals surface area contributed by atoms with Crippen LogP contribution < -0.4 is 4.74 Å². The Labute approximate surface area is 126 Å². The van der Waals surface area contributed by atoms with Crippen LogP contribution in [0.15, 0.2) is 24.3 Å². The Morgan fingerprint density at radius 3 is 2.71 bits per heavy atom. The van der Waals surface area contributed by atoms with Gasteiger partial charge in [-0.05, 0) is 37.0 Å². The van der Waals surface area contributed by atoms with Crippen molar-refractivity contribution in [2.45, 2.75) is 26.2 Å². The topological polar surface area (TPSA) is 49.8 Å². The number of ether oxygens (including phenoxy) is 1. The molecule has 0 saturated carbocycles. The van der Waals surface area contributed by atoms with Crippen LogP contribution in [0.5, 0.6) is 11.5 Å². The lowest BCUT2D eigenvalue weighted by molar-refractivity contribution is -0.127. The van der Waals surface area contributed by atoms with Crippen molar-refractivity contribution < 1.29 is 14.6 Å². The van der Waals surface area contributed by atoms with Crippen molar-refractivity contribution in [1.82, 2.24) is 4.90 Å². The Morgan fingerprint density at radius 2 is 2.14 bits per heavy atom. The molecule has 2 rings (SSSR count). The van der Waals surface area contributed by atoms with E-state index >= 15 is 0 Å². The fourth-order valence-electron chi connectivity index (χ4n) is 2.62. The normalized spacial score (nSPS) is 16.4. The molecule has 1 saturated heterocycles. The molecule has 1 aromatic carbocycles. The van der Waals surface area contributed by atoms with Gasteiger partial charge in [0, 0.05) is 30.8 Å². The first-order chi connectivity index (χ1) is 10.1. The SMILES string of the molecule is CCC1CCN(C(=O)/C=C/c2ccc(OC)cc2O)CC1. The number of hydrogen-bond acceptors (Lipinski definition) is 3. The van der Waals surface area contributed by atoms with Crippen molar-refractivity contribution in [3.8, 4) is 11.5 Å². The molecule has 0 aliphatic carbocycles. The maximum Gasteiger partial charge on any atom is 0.246 e. The van der Waals surface area contributed by atoms with Gasteiger partial charge in [-0.15, -0.1) is 0 Å². The summed E-state index contributed by atoms with van der Waals surface area (Å²) in [6.45, 7) is 3.86. The number of aromatic hydroxyl groups is 1. The molecule has 1 N–H and O–H groups in total. The number of likely N-dealkylation sites (tertiary alicyclic amines) is 1. The second-order valence-corrected chi connectivity index (χ2v) is 5.43. The van der Waals surface area contributed by atoms with Crippen molar-refractivity contribution in [3.05, 3.63) is 29.8 Å². The minimum atomic E-state index is 0.0137. The van der Waals surface area contributed by atoms with Crippen LogP contribution in [0.3, 0.4) is 0 Å². The van der Waals surface area contributed by atoms with E-state index in [1.54, 1.807) is 25.3 Å². The zero-order valence-corrected chi connectivity index (χ0v) is 12.7. The zero-order valence-electron chi connectivity index (χ0n) is 12.7. The summed E-state index contributed by atoms with van der Waals surface area (Å²) in [6.07, 6.45) is 6.56.